The van der Waals surface area contributed by atoms with Crippen molar-refractivity contribution in [2.45, 2.75) is 13.3 Å². The van der Waals surface area contributed by atoms with Gasteiger partial charge in [0.25, 0.3) is 5.91 Å². The van der Waals surface area contributed by atoms with E-state index in [1.807, 2.05) is 11.4 Å². The summed E-state index contributed by atoms with van der Waals surface area (Å²) in [6, 6.07) is 1.89. The fourth-order valence-electron chi connectivity index (χ4n) is 1.09. The van der Waals surface area contributed by atoms with Crippen molar-refractivity contribution in [1.29, 1.82) is 0 Å². The molecular weight excluding hydrogens is 342 g/mol. The van der Waals surface area contributed by atoms with Gasteiger partial charge in [0.2, 0.25) is 0 Å². The zero-order valence-corrected chi connectivity index (χ0v) is 12.4. The van der Waals surface area contributed by atoms with Gasteiger partial charge in [-0.2, -0.15) is 0 Å². The topological polar surface area (TPSA) is 29.1 Å². The Morgan fingerprint density at radius 2 is 2.40 bits per heavy atom. The molecule has 5 heteroatoms. The highest BCUT2D eigenvalue weighted by Gasteiger charge is 2.11. The van der Waals surface area contributed by atoms with Crippen LogP contribution in [-0.4, -0.2) is 17.8 Å². The van der Waals surface area contributed by atoms with Crippen LogP contribution in [0.4, 0.5) is 0 Å². The molecule has 1 amide bonds. The highest BCUT2D eigenvalue weighted by molar-refractivity contribution is 9.10. The Balaban J connectivity index is 2.40. The number of hydrogen-bond donors (Lipinski definition) is 1. The maximum atomic E-state index is 11.7. The maximum absolute atomic E-state index is 11.7. The van der Waals surface area contributed by atoms with Gasteiger partial charge in [-0.1, -0.05) is 22.9 Å². The minimum absolute atomic E-state index is 0.0123. The summed E-state index contributed by atoms with van der Waals surface area (Å²) >= 11 is 8.19. The van der Waals surface area contributed by atoms with Gasteiger partial charge < -0.3 is 5.32 Å². The molecule has 15 heavy (non-hydrogen) atoms. The molecular formula is C10H13Br2NOS. The van der Waals surface area contributed by atoms with E-state index < -0.39 is 0 Å². The Morgan fingerprint density at radius 3 is 2.93 bits per heavy atom. The molecule has 1 heterocycles. The first-order chi connectivity index (χ1) is 7.15. The molecule has 0 aromatic carbocycles. The monoisotopic (exact) mass is 353 g/mol. The Labute approximate surface area is 111 Å². The maximum Gasteiger partial charge on any atom is 0.262 e. The molecule has 0 aliphatic heterocycles. The van der Waals surface area contributed by atoms with E-state index in [0.29, 0.717) is 5.92 Å². The third-order valence-corrected chi connectivity index (χ3v) is 4.33. The Kier molecular flexibility index (Phi) is 5.86. The third-order valence-electron chi connectivity index (χ3n) is 2.04. The van der Waals surface area contributed by atoms with E-state index in [2.05, 4.69) is 44.1 Å². The van der Waals surface area contributed by atoms with E-state index in [0.717, 1.165) is 27.6 Å². The number of halogens is 2. The number of amides is 1. The molecule has 0 spiro atoms. The van der Waals surface area contributed by atoms with Gasteiger partial charge in [-0.15, -0.1) is 11.3 Å². The first kappa shape index (κ1) is 13.2. The van der Waals surface area contributed by atoms with E-state index >= 15 is 0 Å². The van der Waals surface area contributed by atoms with E-state index in [4.69, 9.17) is 0 Å². The number of thiophene rings is 1. The van der Waals surface area contributed by atoms with Gasteiger partial charge in [0.05, 0.1) is 0 Å². The number of carbonyl (C=O) groups excluding carboxylic acids is 1. The van der Waals surface area contributed by atoms with Crippen LogP contribution < -0.4 is 5.32 Å². The second kappa shape index (κ2) is 6.66. The molecule has 2 nitrogen and oxygen atoms in total. The minimum Gasteiger partial charge on any atom is -0.351 e. The van der Waals surface area contributed by atoms with Crippen molar-refractivity contribution < 1.29 is 4.79 Å². The van der Waals surface area contributed by atoms with Gasteiger partial charge in [0.15, 0.2) is 0 Å². The fourth-order valence-corrected chi connectivity index (χ4v) is 3.34. The minimum atomic E-state index is 0.0123. The van der Waals surface area contributed by atoms with Crippen LogP contribution in [0, 0.1) is 5.92 Å². The fraction of sp³-hybridized carbons (Fsp3) is 0.500. The van der Waals surface area contributed by atoms with Gasteiger partial charge in [0.1, 0.15) is 4.88 Å². The lowest BCUT2D eigenvalue weighted by atomic mass is 10.1. The van der Waals surface area contributed by atoms with Crippen molar-refractivity contribution in [3.63, 3.8) is 0 Å². The Hall–Kier alpha value is 0.130. The highest BCUT2D eigenvalue weighted by Crippen LogP contribution is 2.22. The molecule has 1 rings (SSSR count). The summed E-state index contributed by atoms with van der Waals surface area (Å²) in [4.78, 5) is 12.4. The lowest BCUT2D eigenvalue weighted by Gasteiger charge is -2.10. The Morgan fingerprint density at radius 1 is 1.67 bits per heavy atom. The molecule has 84 valence electrons. The third kappa shape index (κ3) is 4.25. The summed E-state index contributed by atoms with van der Waals surface area (Å²) in [5.41, 5.74) is 0. The molecule has 0 fully saturated rings. The summed E-state index contributed by atoms with van der Waals surface area (Å²) in [5, 5.41) is 5.81. The summed E-state index contributed by atoms with van der Waals surface area (Å²) < 4.78 is 0.873. The molecule has 1 unspecified atom stereocenters. The van der Waals surface area contributed by atoms with Crippen LogP contribution in [0.3, 0.4) is 0 Å². The van der Waals surface area contributed by atoms with E-state index in [-0.39, 0.29) is 5.91 Å². The van der Waals surface area contributed by atoms with Gasteiger partial charge in [-0.05, 0) is 39.7 Å². The average molecular weight is 355 g/mol. The molecule has 1 atom stereocenters. The smallest absolute Gasteiger partial charge is 0.262 e. The van der Waals surface area contributed by atoms with Crippen LogP contribution in [-0.2, 0) is 0 Å². The van der Waals surface area contributed by atoms with Crippen LogP contribution in [0.15, 0.2) is 15.9 Å². The molecule has 0 radical (unpaired) electrons. The molecule has 0 saturated heterocycles. The van der Waals surface area contributed by atoms with E-state index in [9.17, 15) is 4.79 Å². The van der Waals surface area contributed by atoms with Crippen LogP contribution >= 0.6 is 43.2 Å². The van der Waals surface area contributed by atoms with Gasteiger partial charge in [0, 0.05) is 16.3 Å². The number of hydrogen-bond acceptors (Lipinski definition) is 2. The number of alkyl halides is 1. The summed E-state index contributed by atoms with van der Waals surface area (Å²) in [6.07, 6.45) is 1.08. The van der Waals surface area contributed by atoms with Crippen molar-refractivity contribution in [2.75, 3.05) is 11.9 Å². The number of rotatable bonds is 5. The van der Waals surface area contributed by atoms with Crippen molar-refractivity contribution in [2.24, 2.45) is 5.92 Å². The van der Waals surface area contributed by atoms with Crippen LogP contribution in [0.5, 0.6) is 0 Å². The standard InChI is InChI=1S/C10H13Br2NOS/c1-7(2-4-11)6-13-10(14)9-8(12)3-5-15-9/h3,5,7H,2,4,6H2,1H3,(H,13,14). The molecule has 0 bridgehead atoms. The molecule has 0 aliphatic rings. The molecule has 0 aliphatic carbocycles. The van der Waals surface area contributed by atoms with Crippen molar-refractivity contribution in [3.05, 3.63) is 20.8 Å². The van der Waals surface area contributed by atoms with E-state index in [1.54, 1.807) is 0 Å². The second-order valence-corrected chi connectivity index (χ2v) is 5.95. The largest absolute Gasteiger partial charge is 0.351 e. The number of nitrogens with one attached hydrogen (secondary N) is 1. The summed E-state index contributed by atoms with van der Waals surface area (Å²) in [7, 11) is 0. The van der Waals surface area contributed by atoms with Crippen molar-refractivity contribution >= 4 is 49.1 Å². The SMILES string of the molecule is CC(CCBr)CNC(=O)c1sccc1Br. The number of carbonyl (C=O) groups is 1. The van der Waals surface area contributed by atoms with Crippen LogP contribution in [0.2, 0.25) is 0 Å². The predicted octanol–water partition coefficient (Wildman–Crippen LogP) is 3.66. The van der Waals surface area contributed by atoms with Crippen LogP contribution in [0.25, 0.3) is 0 Å². The second-order valence-electron chi connectivity index (χ2n) is 3.39. The first-order valence-electron chi connectivity index (χ1n) is 4.72. The normalized spacial score (nSPS) is 12.5. The van der Waals surface area contributed by atoms with Crippen molar-refractivity contribution in [1.82, 2.24) is 5.32 Å². The van der Waals surface area contributed by atoms with Gasteiger partial charge in [-0.25, -0.2) is 0 Å². The van der Waals surface area contributed by atoms with Crippen molar-refractivity contribution in [3.8, 4) is 0 Å². The van der Waals surface area contributed by atoms with Gasteiger partial charge >= 0.3 is 0 Å². The molecule has 1 aromatic heterocycles. The summed E-state index contributed by atoms with van der Waals surface area (Å²) in [6.45, 7) is 2.86. The predicted molar refractivity (Wildman–Crippen MR) is 71.9 cm³/mol. The summed E-state index contributed by atoms with van der Waals surface area (Å²) in [5.74, 6) is 0.519. The lowest BCUT2D eigenvalue weighted by Crippen LogP contribution is -2.28. The zero-order chi connectivity index (χ0) is 11.3. The average Bonchev–Trinajstić information content (AvgIpc) is 2.61. The highest BCUT2D eigenvalue weighted by atomic mass is 79.9. The first-order valence-corrected chi connectivity index (χ1v) is 7.51. The molecule has 1 N–H and O–H groups in total. The van der Waals surface area contributed by atoms with Gasteiger partial charge in [-0.3, -0.25) is 4.79 Å². The lowest BCUT2D eigenvalue weighted by molar-refractivity contribution is 0.0951. The Bertz CT molecular complexity index is 327. The van der Waals surface area contributed by atoms with Crippen LogP contribution in [0.1, 0.15) is 23.0 Å². The zero-order valence-electron chi connectivity index (χ0n) is 8.43. The quantitative estimate of drug-likeness (QED) is 0.803. The van der Waals surface area contributed by atoms with E-state index in [1.165, 1.54) is 11.3 Å². The molecule has 1 aromatic rings. The molecule has 0 saturated carbocycles.